The van der Waals surface area contributed by atoms with Crippen LogP contribution in [0.25, 0.3) is 0 Å². The first-order valence-corrected chi connectivity index (χ1v) is 28.1. The van der Waals surface area contributed by atoms with Gasteiger partial charge in [0, 0.05) is 50.8 Å². The number of aromatic hydroxyl groups is 8. The highest BCUT2D eigenvalue weighted by atomic mass is 16.5. The third-order valence-electron chi connectivity index (χ3n) is 18.8. The molecule has 0 aliphatic carbocycles. The van der Waals surface area contributed by atoms with Crippen molar-refractivity contribution in [1.29, 1.82) is 0 Å². The molecule has 0 saturated carbocycles. The average molecular weight is 1070 g/mol. The number of phenolic OH excluding ortho intramolecular Hbond substituents is 8. The van der Waals surface area contributed by atoms with Crippen molar-refractivity contribution in [3.8, 4) is 46.0 Å². The van der Waals surface area contributed by atoms with Crippen molar-refractivity contribution in [3.63, 3.8) is 0 Å². The van der Waals surface area contributed by atoms with E-state index in [1.807, 2.05) is 26.0 Å². The molecule has 3 aromatic heterocycles. The molecular formula is C66H72O13. The summed E-state index contributed by atoms with van der Waals surface area (Å²) in [6, 6.07) is 19.7. The maximum absolute atomic E-state index is 13.4. The zero-order valence-corrected chi connectivity index (χ0v) is 46.0. The molecule has 2 fully saturated rings. The average Bonchev–Trinajstić information content (AvgIpc) is 3.84. The lowest BCUT2D eigenvalue weighted by molar-refractivity contribution is -0.00734. The number of phenols is 8. The van der Waals surface area contributed by atoms with E-state index in [2.05, 4.69) is 39.8 Å². The molecule has 8 N–H and O–H groups in total. The molecule has 7 heterocycles. The van der Waals surface area contributed by atoms with Crippen LogP contribution in [0.5, 0.6) is 46.0 Å². The Balaban J connectivity index is 1.18. The highest BCUT2D eigenvalue weighted by Gasteiger charge is 2.61. The van der Waals surface area contributed by atoms with Crippen LogP contribution in [-0.4, -0.2) is 64.3 Å². The second-order valence-corrected chi connectivity index (χ2v) is 22.5. The summed E-state index contributed by atoms with van der Waals surface area (Å²) in [5.74, 6) is -5.81. The van der Waals surface area contributed by atoms with Crippen LogP contribution in [0.4, 0.5) is 0 Å². The summed E-state index contributed by atoms with van der Waals surface area (Å²) in [5.41, 5.74) is -0.0803. The second-order valence-electron chi connectivity index (χ2n) is 22.5. The molecule has 7 aromatic rings. The van der Waals surface area contributed by atoms with Gasteiger partial charge in [-0.25, -0.2) is 0 Å². The number of furan rings is 3. The fourth-order valence-electron chi connectivity index (χ4n) is 15.2. The highest BCUT2D eigenvalue weighted by Crippen LogP contribution is 2.64. The van der Waals surface area contributed by atoms with Crippen LogP contribution in [-0.2, 0) is 9.47 Å². The van der Waals surface area contributed by atoms with Crippen LogP contribution in [0.2, 0.25) is 0 Å². The topological polar surface area (TPSA) is 220 Å². The molecule has 4 aliphatic heterocycles. The Hall–Kier alpha value is -7.48. The van der Waals surface area contributed by atoms with Gasteiger partial charge >= 0.3 is 0 Å². The molecule has 0 amide bonds. The van der Waals surface area contributed by atoms with E-state index in [4.69, 9.17) is 22.7 Å². The maximum Gasteiger partial charge on any atom is 0.127 e. The van der Waals surface area contributed by atoms with Crippen molar-refractivity contribution in [2.24, 2.45) is 23.7 Å². The summed E-state index contributed by atoms with van der Waals surface area (Å²) >= 11 is 0. The number of hydrogen-bond acceptors (Lipinski definition) is 13. The molecule has 13 unspecified atom stereocenters. The fraction of sp³-hybridized carbons (Fsp3) is 0.394. The molecule has 0 spiro atoms. The first-order chi connectivity index (χ1) is 38.0. The number of fused-ring (bicyclic) bond motifs is 4. The van der Waals surface area contributed by atoms with Gasteiger partial charge in [0.25, 0.3) is 0 Å². The lowest BCUT2D eigenvalue weighted by Gasteiger charge is -2.41. The Bertz CT molecular complexity index is 3440. The normalized spacial score (nSPS) is 25.8. The molecule has 4 bridgehead atoms. The number of aryl methyl sites for hydroxylation is 2. The van der Waals surface area contributed by atoms with Crippen LogP contribution < -0.4 is 0 Å². The van der Waals surface area contributed by atoms with E-state index in [-0.39, 0.29) is 132 Å². The summed E-state index contributed by atoms with van der Waals surface area (Å²) < 4.78 is 32.5. The van der Waals surface area contributed by atoms with E-state index in [0.717, 1.165) is 19.3 Å². The smallest absolute Gasteiger partial charge is 0.127 e. The minimum absolute atomic E-state index is 0.0420. The van der Waals surface area contributed by atoms with Crippen molar-refractivity contribution < 1.29 is 63.6 Å². The van der Waals surface area contributed by atoms with Gasteiger partial charge in [-0.15, -0.1) is 0 Å². The standard InChI is InChI=1S/C66H72O13/c1-9-36-43(12-4)65(26-24-48(36)78-65)35(8)52-45(67)23-21-39(61(52)71)54(51-19-16-30-77-51)57-60(70)34(7)31-40(63(57)73)53(50-18-15-29-76-50)41-32-42(64(74)55(62(41)72)38(11-3)47-17-14-28-75-47)58(56-46(68)22-20-33(6)59(56)69)66-27-25-49(79-66)37(10-2)44(66)13-5/h14-32,35-38,43-44,48-49,53-54,58,67-74H,9-13H2,1-8H3. The van der Waals surface area contributed by atoms with E-state index in [1.54, 1.807) is 74.5 Å². The zero-order chi connectivity index (χ0) is 56.0. The van der Waals surface area contributed by atoms with E-state index in [9.17, 15) is 40.9 Å². The molecule has 13 atom stereocenters. The summed E-state index contributed by atoms with van der Waals surface area (Å²) in [4.78, 5) is 0. The third kappa shape index (κ3) is 7.99. The van der Waals surface area contributed by atoms with Crippen molar-refractivity contribution in [3.05, 3.63) is 189 Å². The van der Waals surface area contributed by atoms with Crippen molar-refractivity contribution in [2.45, 2.75) is 140 Å². The Morgan fingerprint density at radius 3 is 1.54 bits per heavy atom. The Labute approximate surface area is 460 Å². The quantitative estimate of drug-likeness (QED) is 0.0376. The molecule has 2 saturated heterocycles. The van der Waals surface area contributed by atoms with Gasteiger partial charge in [-0.2, -0.15) is 0 Å². The minimum atomic E-state index is -1.23. The summed E-state index contributed by atoms with van der Waals surface area (Å²) in [5, 5.41) is 101. The number of hydrogen-bond donors (Lipinski definition) is 8. The van der Waals surface area contributed by atoms with Crippen molar-refractivity contribution >= 4 is 0 Å². The number of rotatable bonds is 18. The fourth-order valence-corrected chi connectivity index (χ4v) is 15.2. The number of ether oxygens (including phenoxy) is 2. The van der Waals surface area contributed by atoms with Crippen LogP contribution in [0, 0.1) is 37.5 Å². The van der Waals surface area contributed by atoms with Crippen LogP contribution in [0.1, 0.15) is 176 Å². The SMILES string of the molecule is CCC(c1ccco1)c1c(O)c(C(c2ccco2)c2cc(C)c(O)c(C(c3ccco3)c3ccc(O)c(C(C)C45C=CC(O4)C(CC)C5CC)c3O)c2O)cc(C(c2c(O)ccc(C)c2O)C23C=CC(O2)C(CC)C3CC)c1O. The van der Waals surface area contributed by atoms with Crippen LogP contribution >= 0.6 is 0 Å². The van der Waals surface area contributed by atoms with E-state index >= 15 is 0 Å². The Kier molecular flexibility index (Phi) is 13.8. The largest absolute Gasteiger partial charge is 0.508 e. The van der Waals surface area contributed by atoms with Crippen molar-refractivity contribution in [2.75, 3.05) is 0 Å². The van der Waals surface area contributed by atoms with Gasteiger partial charge in [0.05, 0.1) is 59.9 Å². The van der Waals surface area contributed by atoms with Gasteiger partial charge in [-0.05, 0) is 129 Å². The molecule has 13 nitrogen and oxygen atoms in total. The Morgan fingerprint density at radius 1 is 0.468 bits per heavy atom. The Morgan fingerprint density at radius 2 is 0.962 bits per heavy atom. The molecule has 4 aromatic carbocycles. The molecule has 4 aliphatic rings. The first-order valence-electron chi connectivity index (χ1n) is 28.1. The summed E-state index contributed by atoms with van der Waals surface area (Å²) in [6.07, 6.45) is 15.7. The third-order valence-corrected chi connectivity index (χ3v) is 18.8. The first kappa shape index (κ1) is 53.5. The maximum atomic E-state index is 13.4. The van der Waals surface area contributed by atoms with Gasteiger partial charge in [-0.3, -0.25) is 0 Å². The van der Waals surface area contributed by atoms with E-state index < -0.39 is 46.5 Å². The number of benzene rings is 4. The summed E-state index contributed by atoms with van der Waals surface area (Å²) in [6.45, 7) is 15.8. The lowest BCUT2D eigenvalue weighted by atomic mass is 9.63. The molecule has 79 heavy (non-hydrogen) atoms. The molecule has 11 rings (SSSR count). The van der Waals surface area contributed by atoms with Crippen LogP contribution in [0.15, 0.2) is 129 Å². The van der Waals surface area contributed by atoms with E-state index in [0.29, 0.717) is 29.7 Å². The van der Waals surface area contributed by atoms with Gasteiger partial charge in [0.15, 0.2) is 0 Å². The van der Waals surface area contributed by atoms with Gasteiger partial charge in [0.1, 0.15) is 68.9 Å². The molecule has 414 valence electrons. The predicted octanol–water partition coefficient (Wildman–Crippen LogP) is 14.4. The van der Waals surface area contributed by atoms with Crippen molar-refractivity contribution in [1.82, 2.24) is 0 Å². The molecular weight excluding hydrogens is 1000 g/mol. The van der Waals surface area contributed by atoms with Gasteiger partial charge in [-0.1, -0.05) is 90.8 Å². The minimum Gasteiger partial charge on any atom is -0.508 e. The van der Waals surface area contributed by atoms with Gasteiger partial charge in [0.2, 0.25) is 0 Å². The summed E-state index contributed by atoms with van der Waals surface area (Å²) in [7, 11) is 0. The lowest BCUT2D eigenvalue weighted by Crippen LogP contribution is -2.42. The van der Waals surface area contributed by atoms with Crippen LogP contribution in [0.3, 0.4) is 0 Å². The highest BCUT2D eigenvalue weighted by molar-refractivity contribution is 5.70. The molecule has 0 radical (unpaired) electrons. The predicted molar refractivity (Wildman–Crippen MR) is 298 cm³/mol. The monoisotopic (exact) mass is 1070 g/mol. The van der Waals surface area contributed by atoms with Gasteiger partial charge < -0.3 is 63.6 Å². The molecule has 13 heteroatoms. The second kappa shape index (κ2) is 20.3. The van der Waals surface area contributed by atoms with E-state index in [1.165, 1.54) is 30.9 Å². The zero-order valence-electron chi connectivity index (χ0n) is 46.0.